The van der Waals surface area contributed by atoms with Crippen molar-refractivity contribution in [1.82, 2.24) is 5.32 Å². The van der Waals surface area contributed by atoms with Gasteiger partial charge in [-0.25, -0.2) is 4.79 Å². The zero-order valence-electron chi connectivity index (χ0n) is 13.0. The highest BCUT2D eigenvalue weighted by Gasteiger charge is 2.09. The predicted molar refractivity (Wildman–Crippen MR) is 94.7 cm³/mol. The first kappa shape index (κ1) is 17.5. The third-order valence-electron chi connectivity index (χ3n) is 3.30. The fourth-order valence-electron chi connectivity index (χ4n) is 1.89. The number of amides is 1. The zero-order valence-corrected chi connectivity index (χ0v) is 14.5. The molecule has 1 amide bonds. The second-order valence-corrected chi connectivity index (χ2v) is 6.56. The van der Waals surface area contributed by atoms with E-state index in [0.29, 0.717) is 5.02 Å². The van der Waals surface area contributed by atoms with Gasteiger partial charge in [-0.15, -0.1) is 11.3 Å². The fraction of sp³-hybridized carbons (Fsp3) is 0.294. The van der Waals surface area contributed by atoms with Gasteiger partial charge in [0.2, 0.25) is 0 Å². The van der Waals surface area contributed by atoms with Crippen molar-refractivity contribution in [2.45, 2.75) is 26.3 Å². The Bertz CT molecular complexity index is 739. The van der Waals surface area contributed by atoms with Crippen LogP contribution >= 0.6 is 22.9 Å². The molecule has 0 spiro atoms. The highest BCUT2D eigenvalue weighted by Crippen LogP contribution is 2.35. The summed E-state index contributed by atoms with van der Waals surface area (Å²) in [6.45, 7) is 3.57. The summed E-state index contributed by atoms with van der Waals surface area (Å²) in [5, 5.41) is 4.30. The van der Waals surface area contributed by atoms with Crippen LogP contribution in [-0.2, 0) is 14.3 Å². The number of halogens is 1. The minimum atomic E-state index is -0.571. The van der Waals surface area contributed by atoms with Crippen LogP contribution in [0.15, 0.2) is 30.3 Å². The number of esters is 1. The lowest BCUT2D eigenvalue weighted by molar-refractivity contribution is -0.144. The van der Waals surface area contributed by atoms with Crippen molar-refractivity contribution in [1.29, 1.82) is 0 Å². The number of hydrogen-bond donors (Lipinski definition) is 1. The maximum atomic E-state index is 11.7. The molecule has 4 nitrogen and oxygen atoms in total. The van der Waals surface area contributed by atoms with Gasteiger partial charge in [-0.05, 0) is 25.5 Å². The summed E-state index contributed by atoms with van der Waals surface area (Å²) in [6, 6.07) is 7.82. The monoisotopic (exact) mass is 351 g/mol. The van der Waals surface area contributed by atoms with Crippen molar-refractivity contribution >= 4 is 51.0 Å². The molecule has 6 heteroatoms. The molecule has 1 N–H and O–H groups in total. The van der Waals surface area contributed by atoms with E-state index in [4.69, 9.17) is 16.3 Å². The number of hydrogen-bond acceptors (Lipinski definition) is 4. The Morgan fingerprint density at radius 1 is 1.39 bits per heavy atom. The van der Waals surface area contributed by atoms with Gasteiger partial charge in [0, 0.05) is 27.1 Å². The molecule has 0 aliphatic carbocycles. The maximum absolute atomic E-state index is 11.7. The number of fused-ring (bicyclic) bond motifs is 1. The van der Waals surface area contributed by atoms with Crippen LogP contribution in [0.1, 0.15) is 25.1 Å². The van der Waals surface area contributed by atoms with Crippen LogP contribution in [0, 0.1) is 0 Å². The van der Waals surface area contributed by atoms with Crippen molar-refractivity contribution in [2.75, 3.05) is 6.61 Å². The van der Waals surface area contributed by atoms with Gasteiger partial charge >= 0.3 is 5.97 Å². The van der Waals surface area contributed by atoms with E-state index in [1.807, 2.05) is 38.1 Å². The normalized spacial score (nSPS) is 12.5. The van der Waals surface area contributed by atoms with Crippen molar-refractivity contribution in [2.24, 2.45) is 0 Å². The van der Waals surface area contributed by atoms with Crippen LogP contribution in [0.5, 0.6) is 0 Å². The van der Waals surface area contributed by atoms with Crippen molar-refractivity contribution < 1.29 is 14.3 Å². The first-order valence-corrected chi connectivity index (χ1v) is 8.52. The Morgan fingerprint density at radius 2 is 2.13 bits per heavy atom. The van der Waals surface area contributed by atoms with Crippen molar-refractivity contribution in [3.8, 4) is 0 Å². The smallest absolute Gasteiger partial charge is 0.331 e. The van der Waals surface area contributed by atoms with E-state index in [9.17, 15) is 9.59 Å². The van der Waals surface area contributed by atoms with Crippen LogP contribution in [-0.4, -0.2) is 24.5 Å². The van der Waals surface area contributed by atoms with Gasteiger partial charge in [0.15, 0.2) is 6.61 Å². The summed E-state index contributed by atoms with van der Waals surface area (Å²) in [4.78, 5) is 24.0. The van der Waals surface area contributed by atoms with Crippen molar-refractivity contribution in [3.63, 3.8) is 0 Å². The number of thiophene rings is 1. The molecule has 1 aromatic carbocycles. The van der Waals surface area contributed by atoms with E-state index in [0.717, 1.165) is 21.4 Å². The van der Waals surface area contributed by atoms with E-state index >= 15 is 0 Å². The summed E-state index contributed by atoms with van der Waals surface area (Å²) in [6.07, 6.45) is 3.72. The average molecular weight is 352 g/mol. The van der Waals surface area contributed by atoms with E-state index in [1.165, 1.54) is 17.4 Å². The molecule has 0 saturated carbocycles. The lowest BCUT2D eigenvalue weighted by Gasteiger charge is -2.10. The largest absolute Gasteiger partial charge is 0.452 e. The van der Waals surface area contributed by atoms with Gasteiger partial charge in [0.25, 0.3) is 5.91 Å². The number of carbonyl (C=O) groups is 2. The lowest BCUT2D eigenvalue weighted by atomic mass is 10.2. The first-order chi connectivity index (χ1) is 11.0. The second-order valence-electron chi connectivity index (χ2n) is 5.09. The number of nitrogens with one attached hydrogen (secondary N) is 1. The van der Waals surface area contributed by atoms with Crippen LogP contribution in [0.25, 0.3) is 16.2 Å². The molecule has 2 rings (SSSR count). The minimum Gasteiger partial charge on any atom is -0.452 e. The van der Waals surface area contributed by atoms with E-state index in [2.05, 4.69) is 5.32 Å². The maximum Gasteiger partial charge on any atom is 0.331 e. The SMILES string of the molecule is CC[C@H](C)NC(=O)COC(=O)/C=C/c1sc2ccccc2c1Cl. The van der Waals surface area contributed by atoms with Crippen LogP contribution in [0.2, 0.25) is 5.02 Å². The number of carbonyl (C=O) groups excluding carboxylic acids is 2. The molecule has 122 valence electrons. The van der Waals surface area contributed by atoms with Crippen molar-refractivity contribution in [3.05, 3.63) is 40.2 Å². The average Bonchev–Trinajstić information content (AvgIpc) is 2.87. The lowest BCUT2D eigenvalue weighted by Crippen LogP contribution is -2.35. The van der Waals surface area contributed by atoms with Gasteiger partial charge in [-0.2, -0.15) is 0 Å². The quantitative estimate of drug-likeness (QED) is 0.631. The third-order valence-corrected chi connectivity index (χ3v) is 4.95. The molecule has 0 fully saturated rings. The Labute approximate surface area is 144 Å². The van der Waals surface area contributed by atoms with Gasteiger partial charge in [0.05, 0.1) is 5.02 Å². The van der Waals surface area contributed by atoms with Gasteiger partial charge in [-0.3, -0.25) is 4.79 Å². The fourth-order valence-corrected chi connectivity index (χ4v) is 3.29. The summed E-state index contributed by atoms with van der Waals surface area (Å²) in [5.41, 5.74) is 0. The summed E-state index contributed by atoms with van der Waals surface area (Å²) in [7, 11) is 0. The standard InChI is InChI=1S/C17H18ClNO3S/c1-3-11(2)19-15(20)10-22-16(21)9-8-14-17(18)12-6-4-5-7-13(12)23-14/h4-9,11H,3,10H2,1-2H3,(H,19,20)/b9-8+/t11-/m0/s1. The molecule has 0 aliphatic heterocycles. The number of ether oxygens (including phenoxy) is 1. The molecule has 23 heavy (non-hydrogen) atoms. The second kappa shape index (κ2) is 8.13. The molecule has 0 saturated heterocycles. The predicted octanol–water partition coefficient (Wildman–Crippen LogP) is 4.03. The summed E-state index contributed by atoms with van der Waals surface area (Å²) in [5.74, 6) is -0.876. The Kier molecular flexibility index (Phi) is 6.19. The molecule has 1 heterocycles. The molecule has 0 aliphatic rings. The number of rotatable bonds is 6. The van der Waals surface area contributed by atoms with Gasteiger partial charge in [-0.1, -0.05) is 36.7 Å². The Balaban J connectivity index is 1.92. The van der Waals surface area contributed by atoms with Crippen LogP contribution in [0.3, 0.4) is 0 Å². The van der Waals surface area contributed by atoms with Gasteiger partial charge in [0.1, 0.15) is 0 Å². The molecular weight excluding hydrogens is 334 g/mol. The molecule has 1 atom stereocenters. The van der Waals surface area contributed by atoms with Crippen LogP contribution < -0.4 is 5.32 Å². The summed E-state index contributed by atoms with van der Waals surface area (Å²) < 4.78 is 5.96. The highest BCUT2D eigenvalue weighted by molar-refractivity contribution is 7.20. The number of benzene rings is 1. The minimum absolute atomic E-state index is 0.0640. The van der Waals surface area contributed by atoms with E-state index in [1.54, 1.807) is 6.08 Å². The molecule has 0 radical (unpaired) electrons. The summed E-state index contributed by atoms with van der Waals surface area (Å²) >= 11 is 7.78. The zero-order chi connectivity index (χ0) is 16.8. The first-order valence-electron chi connectivity index (χ1n) is 7.32. The van der Waals surface area contributed by atoms with E-state index in [-0.39, 0.29) is 18.6 Å². The molecule has 1 aromatic heterocycles. The Morgan fingerprint density at radius 3 is 2.83 bits per heavy atom. The highest BCUT2D eigenvalue weighted by atomic mass is 35.5. The topological polar surface area (TPSA) is 55.4 Å². The van der Waals surface area contributed by atoms with Gasteiger partial charge < -0.3 is 10.1 Å². The Hall–Kier alpha value is -1.85. The van der Waals surface area contributed by atoms with Crippen LogP contribution in [0.4, 0.5) is 0 Å². The molecule has 0 unspecified atom stereocenters. The third kappa shape index (κ3) is 4.81. The molecule has 0 bridgehead atoms. The molecule has 2 aromatic rings. The molecular formula is C17H18ClNO3S. The van der Waals surface area contributed by atoms with E-state index < -0.39 is 5.97 Å².